The molecule has 0 amide bonds. The van der Waals surface area contributed by atoms with Gasteiger partial charge in [0.05, 0.1) is 6.10 Å². The maximum atomic E-state index is 9.91. The monoisotopic (exact) mass is 246 g/mol. The van der Waals surface area contributed by atoms with Crippen molar-refractivity contribution in [3.05, 3.63) is 29.3 Å². The fraction of sp³-hybridized carbons (Fsp3) is 0.571. The molecule has 3 nitrogen and oxygen atoms in total. The van der Waals surface area contributed by atoms with Crippen molar-refractivity contribution in [3.63, 3.8) is 0 Å². The Morgan fingerprint density at radius 1 is 1.28 bits per heavy atom. The topological polar surface area (TPSA) is 38.7 Å². The average molecular weight is 246 g/mol. The van der Waals surface area contributed by atoms with Crippen LogP contribution in [0.1, 0.15) is 37.5 Å². The summed E-state index contributed by atoms with van der Waals surface area (Å²) in [5, 5.41) is 9.91. The van der Waals surface area contributed by atoms with Crippen LogP contribution in [0.5, 0.6) is 0 Å². The highest BCUT2D eigenvalue weighted by Crippen LogP contribution is 2.30. The minimum Gasteiger partial charge on any atom is -0.407 e. The molecule has 1 aliphatic carbocycles. The zero-order valence-corrected chi connectivity index (χ0v) is 11.0. The van der Waals surface area contributed by atoms with Crippen LogP contribution < -0.4 is 5.46 Å². The number of hydrogen-bond acceptors (Lipinski definition) is 3. The molecule has 1 heterocycles. The van der Waals surface area contributed by atoms with E-state index in [1.807, 2.05) is 12.1 Å². The smallest absolute Gasteiger partial charge is 0.407 e. The summed E-state index contributed by atoms with van der Waals surface area (Å²) in [6.45, 7) is 5.71. The van der Waals surface area contributed by atoms with Gasteiger partial charge in [-0.05, 0) is 29.4 Å². The highest BCUT2D eigenvalue weighted by molar-refractivity contribution is 6.62. The first-order valence-corrected chi connectivity index (χ1v) is 6.60. The Hall–Kier alpha value is -0.835. The molecule has 18 heavy (non-hydrogen) atoms. The number of fused-ring (bicyclic) bond motifs is 1. The third kappa shape index (κ3) is 2.09. The van der Waals surface area contributed by atoms with E-state index in [2.05, 4.69) is 19.9 Å². The van der Waals surface area contributed by atoms with Gasteiger partial charge in [0.1, 0.15) is 0 Å². The summed E-state index contributed by atoms with van der Waals surface area (Å²) >= 11 is 0. The molecule has 0 aromatic heterocycles. The predicted octanol–water partition coefficient (Wildman–Crippen LogP) is 1.43. The second-order valence-electron chi connectivity index (χ2n) is 6.09. The number of hydrogen-bond donors (Lipinski definition) is 1. The van der Waals surface area contributed by atoms with Gasteiger partial charge in [0, 0.05) is 18.6 Å². The average Bonchev–Trinajstić information content (AvgIpc) is 2.72. The molecule has 4 heteroatoms. The molecule has 0 radical (unpaired) electrons. The normalized spacial score (nSPS) is 26.2. The molecule has 1 saturated heterocycles. The summed E-state index contributed by atoms with van der Waals surface area (Å²) in [4.78, 5) is 0. The first-order chi connectivity index (χ1) is 8.57. The maximum Gasteiger partial charge on any atom is 0.494 e. The highest BCUT2D eigenvalue weighted by atomic mass is 16.6. The number of aliphatic hydroxyl groups is 1. The van der Waals surface area contributed by atoms with Gasteiger partial charge < -0.3 is 14.4 Å². The molecule has 1 aliphatic heterocycles. The summed E-state index contributed by atoms with van der Waals surface area (Å²) in [6, 6.07) is 6.04. The van der Waals surface area contributed by atoms with Gasteiger partial charge in [-0.2, -0.15) is 0 Å². The molecule has 1 aromatic carbocycles. The minimum absolute atomic E-state index is 0.0912. The molecule has 3 rings (SSSR count). The van der Waals surface area contributed by atoms with Gasteiger partial charge in [-0.15, -0.1) is 0 Å². The fourth-order valence-corrected chi connectivity index (χ4v) is 2.75. The summed E-state index contributed by atoms with van der Waals surface area (Å²) in [7, 11) is -0.265. The number of benzene rings is 1. The second kappa shape index (κ2) is 4.37. The van der Waals surface area contributed by atoms with Gasteiger partial charge in [-0.3, -0.25) is 0 Å². The van der Waals surface area contributed by atoms with Gasteiger partial charge >= 0.3 is 7.12 Å². The Balaban J connectivity index is 1.86. The van der Waals surface area contributed by atoms with E-state index in [1.165, 1.54) is 5.56 Å². The SMILES string of the molecule is CC1(C)COB(c2cccc3c2CCC3O)OC1. The second-order valence-corrected chi connectivity index (χ2v) is 6.09. The van der Waals surface area contributed by atoms with Crippen LogP contribution in [-0.4, -0.2) is 25.4 Å². The van der Waals surface area contributed by atoms with Crippen molar-refractivity contribution in [2.24, 2.45) is 5.41 Å². The lowest BCUT2D eigenvalue weighted by atomic mass is 9.72. The van der Waals surface area contributed by atoms with Crippen LogP contribution in [0.25, 0.3) is 0 Å². The van der Waals surface area contributed by atoms with E-state index in [-0.39, 0.29) is 18.6 Å². The van der Waals surface area contributed by atoms with E-state index >= 15 is 0 Å². The van der Waals surface area contributed by atoms with Crippen molar-refractivity contribution in [3.8, 4) is 0 Å². The van der Waals surface area contributed by atoms with Crippen molar-refractivity contribution in [2.75, 3.05) is 13.2 Å². The van der Waals surface area contributed by atoms with Gasteiger partial charge in [0.2, 0.25) is 0 Å². The zero-order valence-electron chi connectivity index (χ0n) is 11.0. The lowest BCUT2D eigenvalue weighted by Gasteiger charge is -2.33. The van der Waals surface area contributed by atoms with Crippen molar-refractivity contribution in [2.45, 2.75) is 32.8 Å². The summed E-state index contributed by atoms with van der Waals surface area (Å²) < 4.78 is 11.7. The van der Waals surface area contributed by atoms with Crippen LogP contribution in [-0.2, 0) is 15.7 Å². The van der Waals surface area contributed by atoms with Crippen LogP contribution in [0.3, 0.4) is 0 Å². The number of aliphatic hydroxyl groups excluding tert-OH is 1. The Labute approximate surface area is 108 Å². The molecule has 0 bridgehead atoms. The number of rotatable bonds is 1. The van der Waals surface area contributed by atoms with Crippen molar-refractivity contribution in [1.29, 1.82) is 0 Å². The van der Waals surface area contributed by atoms with E-state index < -0.39 is 0 Å². The van der Waals surface area contributed by atoms with Crippen LogP contribution >= 0.6 is 0 Å². The standard InChI is InChI=1S/C14H19BO3/c1-14(2)8-17-15(18-9-14)12-5-3-4-11-10(12)6-7-13(11)16/h3-5,13,16H,6-9H2,1-2H3. The molecule has 96 valence electrons. The van der Waals surface area contributed by atoms with Gasteiger partial charge in [-0.1, -0.05) is 32.0 Å². The largest absolute Gasteiger partial charge is 0.494 e. The molecule has 1 fully saturated rings. The summed E-state index contributed by atoms with van der Waals surface area (Å²) in [5.74, 6) is 0. The van der Waals surface area contributed by atoms with E-state index in [4.69, 9.17) is 9.31 Å². The molecule has 0 spiro atoms. The molecule has 1 atom stereocenters. The molecule has 0 saturated carbocycles. The van der Waals surface area contributed by atoms with Crippen LogP contribution in [0.4, 0.5) is 0 Å². The Bertz CT molecular complexity index is 448. The Morgan fingerprint density at radius 2 is 2.00 bits per heavy atom. The van der Waals surface area contributed by atoms with E-state index in [1.54, 1.807) is 0 Å². The van der Waals surface area contributed by atoms with Gasteiger partial charge in [0.25, 0.3) is 0 Å². The van der Waals surface area contributed by atoms with Crippen molar-refractivity contribution in [1.82, 2.24) is 0 Å². The molecule has 2 aliphatic rings. The van der Waals surface area contributed by atoms with Gasteiger partial charge in [0.15, 0.2) is 0 Å². The third-order valence-electron chi connectivity index (χ3n) is 3.78. The first-order valence-electron chi connectivity index (χ1n) is 6.60. The Kier molecular flexibility index (Phi) is 2.97. The third-order valence-corrected chi connectivity index (χ3v) is 3.78. The molecule has 1 N–H and O–H groups in total. The maximum absolute atomic E-state index is 9.91. The van der Waals surface area contributed by atoms with Crippen LogP contribution in [0, 0.1) is 5.41 Å². The van der Waals surface area contributed by atoms with E-state index in [0.717, 1.165) is 23.9 Å². The highest BCUT2D eigenvalue weighted by Gasteiger charge is 2.36. The van der Waals surface area contributed by atoms with Crippen LogP contribution in [0.15, 0.2) is 18.2 Å². The van der Waals surface area contributed by atoms with Crippen molar-refractivity contribution >= 4 is 12.6 Å². The molecule has 1 aromatic rings. The Morgan fingerprint density at radius 3 is 2.72 bits per heavy atom. The lowest BCUT2D eigenvalue weighted by molar-refractivity contribution is 0.0342. The summed E-state index contributed by atoms with van der Waals surface area (Å²) in [5.41, 5.74) is 3.45. The van der Waals surface area contributed by atoms with Crippen molar-refractivity contribution < 1.29 is 14.4 Å². The summed E-state index contributed by atoms with van der Waals surface area (Å²) in [6.07, 6.45) is 1.41. The predicted molar refractivity (Wildman–Crippen MR) is 70.8 cm³/mol. The quantitative estimate of drug-likeness (QED) is 0.762. The van der Waals surface area contributed by atoms with Crippen LogP contribution in [0.2, 0.25) is 0 Å². The molecular formula is C14H19BO3. The lowest BCUT2D eigenvalue weighted by Crippen LogP contribution is -2.48. The molecular weight excluding hydrogens is 227 g/mol. The first kappa shape index (κ1) is 12.2. The van der Waals surface area contributed by atoms with Gasteiger partial charge in [-0.25, -0.2) is 0 Å². The minimum atomic E-state index is -0.319. The zero-order chi connectivity index (χ0) is 12.8. The molecule has 1 unspecified atom stereocenters. The van der Waals surface area contributed by atoms with E-state index in [0.29, 0.717) is 13.2 Å². The van der Waals surface area contributed by atoms with E-state index in [9.17, 15) is 5.11 Å². The fourth-order valence-electron chi connectivity index (χ4n) is 2.75.